The number of rotatable bonds is 0. The Kier molecular flexibility index (Phi) is 56.0. The minimum absolute atomic E-state index is 0. The molecule has 7 heavy (non-hydrogen) atoms. The normalized spacial score (nSPS) is 3.43. The van der Waals surface area contributed by atoms with E-state index in [1.165, 1.54) is 0 Å². The zero-order valence-corrected chi connectivity index (χ0v) is 5.42. The van der Waals surface area contributed by atoms with Gasteiger partial charge in [-0.25, -0.2) is 0 Å². The van der Waals surface area contributed by atoms with E-state index in [1.807, 2.05) is 0 Å². The molecule has 0 saturated heterocycles. The first-order valence-electron chi connectivity index (χ1n) is 0.651. The molecule has 0 aromatic carbocycles. The van der Waals surface area contributed by atoms with Crippen LogP contribution in [0, 0.1) is 0 Å². The zero-order chi connectivity index (χ0) is 3.58. The Labute approximate surface area is 72.0 Å². The van der Waals surface area contributed by atoms with Crippen molar-refractivity contribution < 1.29 is 22.4 Å². The molecule has 0 rings (SSSR count). The molecule has 0 saturated carbocycles. The molecule has 4 nitrogen and oxygen atoms in total. The second-order valence-corrected chi connectivity index (χ2v) is 0.848. The molecular weight excluding hydrogens is 143 g/mol. The molecule has 0 aromatic heterocycles. The average Bonchev–Trinajstić information content (AvgIpc) is 0.811. The van der Waals surface area contributed by atoms with Gasteiger partial charge in [-0.3, -0.25) is 4.46 Å². The SMILES string of the molecule is O.O=[Si](O)O.[AlH3].[H-].[H-].[Mg+2]. The molecule has 0 spiro atoms. The molecule has 0 aliphatic carbocycles. The number of hydrogen-bond donors (Lipinski definition) is 2. The van der Waals surface area contributed by atoms with Crippen molar-refractivity contribution in [3.63, 3.8) is 0 Å². The second-order valence-electron chi connectivity index (χ2n) is 0.283. The molecular formula is H9AlMgO4Si. The molecule has 0 fully saturated rings. The second kappa shape index (κ2) is 15.8. The maximum absolute atomic E-state index is 8.74. The van der Waals surface area contributed by atoms with Gasteiger partial charge in [0.05, 0.1) is 0 Å². The Morgan fingerprint density at radius 1 is 1.43 bits per heavy atom. The number of hydrogen-bond acceptors (Lipinski definition) is 1. The van der Waals surface area contributed by atoms with Crippen LogP contribution < -0.4 is 0 Å². The summed E-state index contributed by atoms with van der Waals surface area (Å²) in [6.45, 7) is 0. The molecule has 0 bridgehead atoms. The molecule has 0 heterocycles. The van der Waals surface area contributed by atoms with Gasteiger partial charge in [0.15, 0.2) is 17.4 Å². The average molecular weight is 152 g/mol. The molecule has 0 atom stereocenters. The van der Waals surface area contributed by atoms with E-state index < -0.39 is 9.17 Å². The van der Waals surface area contributed by atoms with E-state index in [9.17, 15) is 0 Å². The topological polar surface area (TPSA) is 89.0 Å². The Morgan fingerprint density at radius 2 is 1.43 bits per heavy atom. The smallest absolute Gasteiger partial charge is 1.00 e. The van der Waals surface area contributed by atoms with Crippen LogP contribution in [0.15, 0.2) is 0 Å². The van der Waals surface area contributed by atoms with Crippen LogP contribution in [0.1, 0.15) is 2.85 Å². The van der Waals surface area contributed by atoms with E-state index in [2.05, 4.69) is 0 Å². The van der Waals surface area contributed by atoms with Gasteiger partial charge in [0.1, 0.15) is 0 Å². The van der Waals surface area contributed by atoms with Crippen molar-refractivity contribution in [1.29, 1.82) is 0 Å². The minimum Gasteiger partial charge on any atom is -1.00 e. The van der Waals surface area contributed by atoms with Gasteiger partial charge in [0.25, 0.3) is 0 Å². The third-order valence-electron chi connectivity index (χ3n) is 0. The van der Waals surface area contributed by atoms with Crippen LogP contribution in [0.5, 0.6) is 0 Å². The molecule has 0 aromatic rings. The predicted molar refractivity (Wildman–Crippen MR) is 32.4 cm³/mol. The van der Waals surface area contributed by atoms with Gasteiger partial charge in [-0.15, -0.1) is 0 Å². The molecule has 0 aliphatic heterocycles. The molecule has 0 aliphatic rings. The Morgan fingerprint density at radius 3 is 1.43 bits per heavy atom. The van der Waals surface area contributed by atoms with Crippen LogP contribution >= 0.6 is 0 Å². The van der Waals surface area contributed by atoms with Gasteiger partial charge < -0.3 is 17.9 Å². The van der Waals surface area contributed by atoms with Crippen molar-refractivity contribution in [2.45, 2.75) is 0 Å². The summed E-state index contributed by atoms with van der Waals surface area (Å²) in [6.07, 6.45) is 0. The van der Waals surface area contributed by atoms with Crippen LogP contribution in [0.2, 0.25) is 0 Å². The monoisotopic (exact) mass is 152 g/mol. The molecule has 4 N–H and O–H groups in total. The molecule has 0 radical (unpaired) electrons. The van der Waals surface area contributed by atoms with E-state index >= 15 is 0 Å². The van der Waals surface area contributed by atoms with Crippen molar-refractivity contribution in [3.05, 3.63) is 0 Å². The van der Waals surface area contributed by atoms with Crippen LogP contribution in [0.25, 0.3) is 0 Å². The van der Waals surface area contributed by atoms with Crippen LogP contribution in [0.3, 0.4) is 0 Å². The van der Waals surface area contributed by atoms with Crippen molar-refractivity contribution in [2.24, 2.45) is 0 Å². The van der Waals surface area contributed by atoms with Gasteiger partial charge in [0, 0.05) is 0 Å². The van der Waals surface area contributed by atoms with Gasteiger partial charge in [0.2, 0.25) is 0 Å². The fraction of sp³-hybridized carbons (Fsp3) is 0. The minimum atomic E-state index is -3.13. The summed E-state index contributed by atoms with van der Waals surface area (Å²) in [5, 5.41) is 0. The maximum atomic E-state index is 8.74. The molecule has 0 amide bonds. The van der Waals surface area contributed by atoms with E-state index in [-0.39, 0.29) is 48.7 Å². The van der Waals surface area contributed by atoms with E-state index in [1.54, 1.807) is 0 Å². The predicted octanol–water partition coefficient (Wildman–Crippen LogP) is -3.78. The quantitative estimate of drug-likeness (QED) is 0.349. The Balaban J connectivity index is -0.00000000450. The summed E-state index contributed by atoms with van der Waals surface area (Å²) in [7, 11) is -3.13. The summed E-state index contributed by atoms with van der Waals surface area (Å²) >= 11 is 0. The third-order valence-corrected chi connectivity index (χ3v) is 0. The summed E-state index contributed by atoms with van der Waals surface area (Å²) < 4.78 is 8.74. The van der Waals surface area contributed by atoms with E-state index in [0.29, 0.717) is 0 Å². The Hall–Kier alpha value is 0.876. The third kappa shape index (κ3) is 213. The standard InChI is InChI=1S/Al.Mg.H2O3Si.H2O.5H/c;;1-4(2)3;;;;;;/h;;1-2H;1H2;;;;;/q;+2;;;;;;2*-1. The van der Waals surface area contributed by atoms with Crippen molar-refractivity contribution >= 4 is 49.6 Å². The van der Waals surface area contributed by atoms with Gasteiger partial charge in [-0.1, -0.05) is 0 Å². The fourth-order valence-corrected chi connectivity index (χ4v) is 0. The first kappa shape index (κ1) is 24.8. The van der Waals surface area contributed by atoms with Gasteiger partial charge in [-0.05, 0) is 0 Å². The first-order valence-corrected chi connectivity index (χ1v) is 1.95. The van der Waals surface area contributed by atoms with E-state index in [4.69, 9.17) is 14.1 Å². The molecule has 7 heteroatoms. The maximum Gasteiger partial charge on any atom is 2.00 e. The van der Waals surface area contributed by atoms with Crippen LogP contribution in [-0.4, -0.2) is 64.7 Å². The zero-order valence-electron chi connectivity index (χ0n) is 5.01. The van der Waals surface area contributed by atoms with Gasteiger partial charge >= 0.3 is 32.2 Å². The van der Waals surface area contributed by atoms with Crippen LogP contribution in [-0.2, 0) is 4.46 Å². The fourth-order valence-electron chi connectivity index (χ4n) is 0. The van der Waals surface area contributed by atoms with Gasteiger partial charge in [-0.2, -0.15) is 0 Å². The summed E-state index contributed by atoms with van der Waals surface area (Å²) in [4.78, 5) is 14.3. The van der Waals surface area contributed by atoms with Crippen molar-refractivity contribution in [2.75, 3.05) is 0 Å². The summed E-state index contributed by atoms with van der Waals surface area (Å²) in [6, 6.07) is 0. The Bertz CT molecular complexity index is 41.5. The van der Waals surface area contributed by atoms with E-state index in [0.717, 1.165) is 0 Å². The summed E-state index contributed by atoms with van der Waals surface area (Å²) in [5.41, 5.74) is 0. The van der Waals surface area contributed by atoms with Crippen LogP contribution in [0.4, 0.5) is 0 Å². The molecule has 42 valence electrons. The van der Waals surface area contributed by atoms with Crippen molar-refractivity contribution in [3.8, 4) is 0 Å². The summed E-state index contributed by atoms with van der Waals surface area (Å²) in [5.74, 6) is 0. The molecule has 0 unspecified atom stereocenters. The first-order chi connectivity index (χ1) is 1.73. The largest absolute Gasteiger partial charge is 2.00 e. The van der Waals surface area contributed by atoms with Crippen molar-refractivity contribution in [1.82, 2.24) is 0 Å².